The lowest BCUT2D eigenvalue weighted by Gasteiger charge is -2.17. The number of benzene rings is 2. The van der Waals surface area contributed by atoms with Crippen LogP contribution < -0.4 is 4.74 Å². The Bertz CT molecular complexity index is 615. The first-order valence-electron chi connectivity index (χ1n) is 6.35. The number of alkyl halides is 1. The van der Waals surface area contributed by atoms with E-state index in [1.165, 1.54) is 12.1 Å². The predicted molar refractivity (Wildman–Crippen MR) is 84.1 cm³/mol. The van der Waals surface area contributed by atoms with E-state index in [2.05, 4.69) is 15.9 Å². The van der Waals surface area contributed by atoms with E-state index in [1.807, 2.05) is 32.0 Å². The molecular weight excluding hydrogens is 343 g/mol. The Kier molecular flexibility index (Phi) is 5.06. The molecule has 0 heterocycles. The van der Waals surface area contributed by atoms with Gasteiger partial charge in [-0.3, -0.25) is 0 Å². The number of halogens is 3. The van der Waals surface area contributed by atoms with Gasteiger partial charge < -0.3 is 4.74 Å². The van der Waals surface area contributed by atoms with Crippen molar-refractivity contribution in [3.63, 3.8) is 0 Å². The minimum absolute atomic E-state index is 0.293. The summed E-state index contributed by atoms with van der Waals surface area (Å²) in [5, 5.41) is -0.397. The van der Waals surface area contributed by atoms with E-state index in [0.29, 0.717) is 11.1 Å². The van der Waals surface area contributed by atoms with Crippen LogP contribution in [-0.4, -0.2) is 6.61 Å². The summed E-state index contributed by atoms with van der Waals surface area (Å²) in [6, 6.07) is 10.4. The van der Waals surface area contributed by atoms with Crippen molar-refractivity contribution in [3.05, 3.63) is 63.4 Å². The molecule has 0 amide bonds. The molecule has 0 aliphatic heterocycles. The molecule has 0 spiro atoms. The highest BCUT2D eigenvalue weighted by molar-refractivity contribution is 9.10. The van der Waals surface area contributed by atoms with Crippen molar-refractivity contribution < 1.29 is 9.13 Å². The summed E-state index contributed by atoms with van der Waals surface area (Å²) in [4.78, 5) is 0. The van der Waals surface area contributed by atoms with Crippen molar-refractivity contribution in [2.75, 3.05) is 6.61 Å². The summed E-state index contributed by atoms with van der Waals surface area (Å²) in [6.45, 7) is 4.51. The first-order chi connectivity index (χ1) is 9.52. The SMILES string of the molecule is CCOc1ccc(C)cc1C(Cl)c1ccc(F)cc1Br. The lowest BCUT2D eigenvalue weighted by Crippen LogP contribution is -2.01. The van der Waals surface area contributed by atoms with E-state index >= 15 is 0 Å². The molecule has 0 saturated carbocycles. The Morgan fingerprint density at radius 3 is 2.60 bits per heavy atom. The van der Waals surface area contributed by atoms with E-state index in [9.17, 15) is 4.39 Å². The van der Waals surface area contributed by atoms with Crippen LogP contribution in [0.25, 0.3) is 0 Å². The third-order valence-corrected chi connectivity index (χ3v) is 4.13. The number of rotatable bonds is 4. The van der Waals surface area contributed by atoms with Crippen LogP contribution in [0.4, 0.5) is 4.39 Å². The van der Waals surface area contributed by atoms with Crippen LogP contribution in [0.3, 0.4) is 0 Å². The van der Waals surface area contributed by atoms with Gasteiger partial charge in [-0.1, -0.05) is 39.7 Å². The second kappa shape index (κ2) is 6.59. The molecule has 0 aliphatic carbocycles. The zero-order valence-corrected chi connectivity index (χ0v) is 13.6. The minimum Gasteiger partial charge on any atom is -0.494 e. The maximum Gasteiger partial charge on any atom is 0.124 e. The fourth-order valence-corrected chi connectivity index (χ4v) is 3.10. The van der Waals surface area contributed by atoms with Crippen LogP contribution in [0.1, 0.15) is 29.0 Å². The molecule has 0 bridgehead atoms. The molecule has 0 radical (unpaired) electrons. The monoisotopic (exact) mass is 356 g/mol. The van der Waals surface area contributed by atoms with Crippen molar-refractivity contribution >= 4 is 27.5 Å². The number of ether oxygens (including phenoxy) is 1. The predicted octanol–water partition coefficient (Wildman–Crippen LogP) is 5.62. The minimum atomic E-state index is -0.397. The van der Waals surface area contributed by atoms with Crippen molar-refractivity contribution in [1.82, 2.24) is 0 Å². The molecular formula is C16H15BrClFO. The lowest BCUT2D eigenvalue weighted by atomic mass is 10.0. The van der Waals surface area contributed by atoms with Gasteiger partial charge in [0.15, 0.2) is 0 Å². The molecule has 1 nitrogen and oxygen atoms in total. The summed E-state index contributed by atoms with van der Waals surface area (Å²) in [6.07, 6.45) is 0. The van der Waals surface area contributed by atoms with Gasteiger partial charge in [-0.15, -0.1) is 11.6 Å². The number of hydrogen-bond donors (Lipinski definition) is 0. The molecule has 0 fully saturated rings. The van der Waals surface area contributed by atoms with E-state index in [0.717, 1.165) is 22.4 Å². The highest BCUT2D eigenvalue weighted by Crippen LogP contribution is 2.39. The smallest absolute Gasteiger partial charge is 0.124 e. The standard InChI is InChI=1S/C16H15BrClFO/c1-3-20-15-7-4-10(2)8-13(15)16(18)12-6-5-11(19)9-14(12)17/h4-9,16H,3H2,1-2H3. The van der Waals surface area contributed by atoms with Gasteiger partial charge in [0, 0.05) is 10.0 Å². The molecule has 4 heteroatoms. The van der Waals surface area contributed by atoms with E-state index in [1.54, 1.807) is 6.07 Å². The third kappa shape index (κ3) is 3.33. The Labute approximate surface area is 131 Å². The molecule has 2 rings (SSSR count). The second-order valence-electron chi connectivity index (χ2n) is 4.50. The molecule has 20 heavy (non-hydrogen) atoms. The fourth-order valence-electron chi connectivity index (χ4n) is 2.03. The quantitative estimate of drug-likeness (QED) is 0.645. The van der Waals surface area contributed by atoms with Crippen molar-refractivity contribution in [2.24, 2.45) is 0 Å². The summed E-state index contributed by atoms with van der Waals surface area (Å²) < 4.78 is 19.5. The van der Waals surface area contributed by atoms with E-state index in [-0.39, 0.29) is 5.82 Å². The maximum absolute atomic E-state index is 13.2. The number of hydrogen-bond acceptors (Lipinski definition) is 1. The van der Waals surface area contributed by atoms with Gasteiger partial charge >= 0.3 is 0 Å². The second-order valence-corrected chi connectivity index (χ2v) is 5.79. The Morgan fingerprint density at radius 2 is 1.95 bits per heavy atom. The van der Waals surface area contributed by atoms with Crippen molar-refractivity contribution in [1.29, 1.82) is 0 Å². The van der Waals surface area contributed by atoms with Crippen LogP contribution in [0.5, 0.6) is 5.75 Å². The van der Waals surface area contributed by atoms with Crippen LogP contribution in [0.2, 0.25) is 0 Å². The first-order valence-corrected chi connectivity index (χ1v) is 7.58. The Balaban J connectivity index is 2.46. The topological polar surface area (TPSA) is 9.23 Å². The zero-order valence-electron chi connectivity index (χ0n) is 11.3. The van der Waals surface area contributed by atoms with E-state index in [4.69, 9.17) is 16.3 Å². The number of aryl methyl sites for hydroxylation is 1. The molecule has 0 N–H and O–H groups in total. The summed E-state index contributed by atoms with van der Waals surface area (Å²) in [5.74, 6) is 0.466. The Hall–Kier alpha value is -1.06. The largest absolute Gasteiger partial charge is 0.494 e. The van der Waals surface area contributed by atoms with Gasteiger partial charge in [-0.2, -0.15) is 0 Å². The zero-order chi connectivity index (χ0) is 14.7. The van der Waals surface area contributed by atoms with Crippen LogP contribution >= 0.6 is 27.5 Å². The van der Waals surface area contributed by atoms with Crippen LogP contribution in [-0.2, 0) is 0 Å². The molecule has 106 valence electrons. The van der Waals surface area contributed by atoms with Gasteiger partial charge in [-0.05, 0) is 37.6 Å². The summed E-state index contributed by atoms with van der Waals surface area (Å²) >= 11 is 9.93. The van der Waals surface area contributed by atoms with Crippen LogP contribution in [0, 0.1) is 12.7 Å². The maximum atomic E-state index is 13.2. The molecule has 0 saturated heterocycles. The normalized spacial score (nSPS) is 12.2. The Morgan fingerprint density at radius 1 is 1.20 bits per heavy atom. The molecule has 2 aromatic carbocycles. The third-order valence-electron chi connectivity index (χ3n) is 2.97. The molecule has 0 aliphatic rings. The first kappa shape index (κ1) is 15.3. The average molecular weight is 358 g/mol. The highest BCUT2D eigenvalue weighted by Gasteiger charge is 2.18. The van der Waals surface area contributed by atoms with Crippen molar-refractivity contribution in [3.8, 4) is 5.75 Å². The molecule has 2 aromatic rings. The molecule has 0 aromatic heterocycles. The van der Waals surface area contributed by atoms with E-state index < -0.39 is 5.38 Å². The van der Waals surface area contributed by atoms with Gasteiger partial charge in [0.25, 0.3) is 0 Å². The van der Waals surface area contributed by atoms with Gasteiger partial charge in [0.1, 0.15) is 11.6 Å². The summed E-state index contributed by atoms with van der Waals surface area (Å²) in [5.41, 5.74) is 2.81. The average Bonchev–Trinajstić information content (AvgIpc) is 2.40. The van der Waals surface area contributed by atoms with Gasteiger partial charge in [0.2, 0.25) is 0 Å². The highest BCUT2D eigenvalue weighted by atomic mass is 79.9. The van der Waals surface area contributed by atoms with Crippen LogP contribution in [0.15, 0.2) is 40.9 Å². The molecule has 1 atom stereocenters. The fraction of sp³-hybridized carbons (Fsp3) is 0.250. The van der Waals surface area contributed by atoms with Crippen molar-refractivity contribution in [2.45, 2.75) is 19.2 Å². The molecule has 1 unspecified atom stereocenters. The lowest BCUT2D eigenvalue weighted by molar-refractivity contribution is 0.337. The summed E-state index contributed by atoms with van der Waals surface area (Å²) in [7, 11) is 0. The van der Waals surface area contributed by atoms with Gasteiger partial charge in [-0.25, -0.2) is 4.39 Å². The van der Waals surface area contributed by atoms with Gasteiger partial charge in [0.05, 0.1) is 12.0 Å².